The van der Waals surface area contributed by atoms with Gasteiger partial charge in [0.05, 0.1) is 24.5 Å². The third-order valence-electron chi connectivity index (χ3n) is 5.09. The molecule has 0 radical (unpaired) electrons. The summed E-state index contributed by atoms with van der Waals surface area (Å²) in [7, 11) is 1.95. The van der Waals surface area contributed by atoms with Gasteiger partial charge in [-0.1, -0.05) is 19.0 Å². The van der Waals surface area contributed by atoms with E-state index in [0.29, 0.717) is 18.2 Å². The summed E-state index contributed by atoms with van der Waals surface area (Å²) >= 11 is 0. The smallest absolute Gasteiger partial charge is 0.315 e. The first-order chi connectivity index (χ1) is 12.1. The van der Waals surface area contributed by atoms with Gasteiger partial charge in [-0.05, 0) is 32.1 Å². The van der Waals surface area contributed by atoms with E-state index < -0.39 is 0 Å². The van der Waals surface area contributed by atoms with E-state index >= 15 is 0 Å². The highest BCUT2D eigenvalue weighted by molar-refractivity contribution is 5.74. The Bertz CT molecular complexity index is 717. The number of fused-ring (bicyclic) bond motifs is 1. The largest absolute Gasteiger partial charge is 0.359 e. The van der Waals surface area contributed by atoms with Crippen molar-refractivity contribution in [1.29, 1.82) is 0 Å². The van der Waals surface area contributed by atoms with Crippen LogP contribution in [0.4, 0.5) is 4.79 Å². The lowest BCUT2D eigenvalue weighted by molar-refractivity contribution is 0.233. The van der Waals surface area contributed by atoms with Crippen LogP contribution in [0.25, 0.3) is 0 Å². The topological polar surface area (TPSA) is 85.0 Å². The lowest BCUT2D eigenvalue weighted by Gasteiger charge is -2.23. The second kappa shape index (κ2) is 7.72. The summed E-state index contributed by atoms with van der Waals surface area (Å²) < 4.78 is 7.24. The monoisotopic (exact) mass is 345 g/mol. The number of aromatic nitrogens is 3. The number of hydrogen-bond donors (Lipinski definition) is 2. The molecule has 0 fully saturated rings. The van der Waals surface area contributed by atoms with E-state index in [4.69, 9.17) is 4.52 Å². The van der Waals surface area contributed by atoms with E-state index in [0.717, 1.165) is 43.4 Å². The van der Waals surface area contributed by atoms with Crippen molar-refractivity contribution in [2.24, 2.45) is 7.05 Å². The maximum Gasteiger partial charge on any atom is 0.315 e. The first-order valence-corrected chi connectivity index (χ1v) is 9.13. The fourth-order valence-corrected chi connectivity index (χ4v) is 3.54. The number of rotatable bonds is 6. The maximum atomic E-state index is 12.2. The molecule has 2 aromatic heterocycles. The predicted octanol–water partition coefficient (Wildman–Crippen LogP) is 3.19. The van der Waals surface area contributed by atoms with Gasteiger partial charge in [0.2, 0.25) is 0 Å². The van der Waals surface area contributed by atoms with E-state index in [2.05, 4.69) is 34.7 Å². The standard InChI is InChI=1S/C18H27N5O2/c1-4-12(5-2)16-9-13(25-22-16)10-19-18(24)21-15-7-6-8-17-14(15)11-20-23(17)3/h9,11-12,15H,4-8,10H2,1-3H3,(H2,19,21,24). The van der Waals surface area contributed by atoms with Gasteiger partial charge in [-0.25, -0.2) is 4.79 Å². The molecule has 7 heteroatoms. The van der Waals surface area contributed by atoms with Crippen molar-refractivity contribution in [3.63, 3.8) is 0 Å². The van der Waals surface area contributed by atoms with Gasteiger partial charge in [0.15, 0.2) is 5.76 Å². The number of nitrogens with one attached hydrogen (secondary N) is 2. The zero-order valence-corrected chi connectivity index (χ0v) is 15.2. The minimum Gasteiger partial charge on any atom is -0.359 e. The first-order valence-electron chi connectivity index (χ1n) is 9.13. The second-order valence-electron chi connectivity index (χ2n) is 6.67. The minimum atomic E-state index is -0.192. The Morgan fingerprint density at radius 3 is 3.00 bits per heavy atom. The molecule has 1 unspecified atom stereocenters. The van der Waals surface area contributed by atoms with Crippen molar-refractivity contribution in [2.45, 2.75) is 64.5 Å². The molecule has 2 aromatic rings. The Kier molecular flexibility index (Phi) is 5.40. The first kappa shape index (κ1) is 17.5. The normalized spacial score (nSPS) is 16.7. The molecule has 2 heterocycles. The molecular formula is C18H27N5O2. The summed E-state index contributed by atoms with van der Waals surface area (Å²) in [5.41, 5.74) is 3.30. The number of urea groups is 1. The number of carbonyl (C=O) groups is 1. The molecule has 0 bridgehead atoms. The van der Waals surface area contributed by atoms with Crippen molar-refractivity contribution in [3.05, 3.63) is 35.0 Å². The van der Waals surface area contributed by atoms with Gasteiger partial charge in [-0.15, -0.1) is 0 Å². The molecule has 2 N–H and O–H groups in total. The maximum absolute atomic E-state index is 12.2. The van der Waals surface area contributed by atoms with Crippen molar-refractivity contribution < 1.29 is 9.32 Å². The number of nitrogens with zero attached hydrogens (tertiary/aromatic N) is 3. The highest BCUT2D eigenvalue weighted by Crippen LogP contribution is 2.29. The zero-order chi connectivity index (χ0) is 17.8. The Labute approximate surface area is 148 Å². The van der Waals surface area contributed by atoms with E-state index in [1.165, 1.54) is 5.69 Å². The molecule has 0 aromatic carbocycles. The molecule has 7 nitrogen and oxygen atoms in total. The lowest BCUT2D eigenvalue weighted by Crippen LogP contribution is -2.38. The molecular weight excluding hydrogens is 318 g/mol. The molecule has 0 saturated carbocycles. The average Bonchev–Trinajstić information content (AvgIpc) is 3.23. The Hall–Kier alpha value is -2.31. The van der Waals surface area contributed by atoms with Crippen LogP contribution in [-0.4, -0.2) is 21.0 Å². The van der Waals surface area contributed by atoms with Crippen molar-refractivity contribution in [1.82, 2.24) is 25.6 Å². The Morgan fingerprint density at radius 1 is 1.44 bits per heavy atom. The van der Waals surface area contributed by atoms with E-state index in [-0.39, 0.29) is 12.1 Å². The molecule has 136 valence electrons. The average molecular weight is 345 g/mol. The molecule has 3 rings (SSSR count). The number of aryl methyl sites for hydroxylation is 1. The summed E-state index contributed by atoms with van der Waals surface area (Å²) in [5, 5.41) is 14.3. The van der Waals surface area contributed by atoms with Crippen LogP contribution in [0, 0.1) is 0 Å². The molecule has 1 aliphatic rings. The quantitative estimate of drug-likeness (QED) is 0.842. The van der Waals surface area contributed by atoms with Gasteiger partial charge in [0, 0.05) is 30.3 Å². The molecule has 0 aliphatic heterocycles. The predicted molar refractivity (Wildman–Crippen MR) is 94.1 cm³/mol. The highest BCUT2D eigenvalue weighted by Gasteiger charge is 2.24. The van der Waals surface area contributed by atoms with E-state index in [1.54, 1.807) is 0 Å². The van der Waals surface area contributed by atoms with E-state index in [1.807, 2.05) is 24.0 Å². The van der Waals surface area contributed by atoms with Crippen LogP contribution in [0.3, 0.4) is 0 Å². The number of carbonyl (C=O) groups excluding carboxylic acids is 1. The van der Waals surface area contributed by atoms with Crippen LogP contribution >= 0.6 is 0 Å². The van der Waals surface area contributed by atoms with Crippen LogP contribution in [0.5, 0.6) is 0 Å². The molecule has 2 amide bonds. The third-order valence-corrected chi connectivity index (χ3v) is 5.09. The van der Waals surface area contributed by atoms with Gasteiger partial charge >= 0.3 is 6.03 Å². The van der Waals surface area contributed by atoms with Crippen LogP contribution in [-0.2, 0) is 20.0 Å². The van der Waals surface area contributed by atoms with Crippen molar-refractivity contribution in [2.75, 3.05) is 0 Å². The summed E-state index contributed by atoms with van der Waals surface area (Å²) in [6.45, 7) is 4.63. The summed E-state index contributed by atoms with van der Waals surface area (Å²) in [5.74, 6) is 1.10. The van der Waals surface area contributed by atoms with Crippen LogP contribution in [0.15, 0.2) is 16.8 Å². The van der Waals surface area contributed by atoms with Gasteiger partial charge in [-0.2, -0.15) is 5.10 Å². The Morgan fingerprint density at radius 2 is 2.24 bits per heavy atom. The fourth-order valence-electron chi connectivity index (χ4n) is 3.54. The molecule has 1 aliphatic carbocycles. The molecule has 1 atom stereocenters. The lowest BCUT2D eigenvalue weighted by atomic mass is 9.93. The van der Waals surface area contributed by atoms with Gasteiger partial charge in [0.25, 0.3) is 0 Å². The Balaban J connectivity index is 1.54. The summed E-state index contributed by atoms with van der Waals surface area (Å²) in [6.07, 6.45) is 6.93. The minimum absolute atomic E-state index is 0.0206. The molecule has 25 heavy (non-hydrogen) atoms. The van der Waals surface area contributed by atoms with Gasteiger partial charge in [0.1, 0.15) is 0 Å². The van der Waals surface area contributed by atoms with Crippen LogP contribution in [0.1, 0.15) is 74.2 Å². The van der Waals surface area contributed by atoms with Gasteiger partial charge in [-0.3, -0.25) is 4.68 Å². The van der Waals surface area contributed by atoms with E-state index in [9.17, 15) is 4.79 Å². The molecule has 0 spiro atoms. The van der Waals surface area contributed by atoms with Crippen molar-refractivity contribution in [3.8, 4) is 0 Å². The van der Waals surface area contributed by atoms with Crippen molar-refractivity contribution >= 4 is 6.03 Å². The van der Waals surface area contributed by atoms with Crippen LogP contribution < -0.4 is 10.6 Å². The summed E-state index contributed by atoms with van der Waals surface area (Å²) in [4.78, 5) is 12.2. The number of amides is 2. The molecule has 0 saturated heterocycles. The summed E-state index contributed by atoms with van der Waals surface area (Å²) in [6, 6.07) is 1.77. The fraction of sp³-hybridized carbons (Fsp3) is 0.611. The van der Waals surface area contributed by atoms with Gasteiger partial charge < -0.3 is 15.2 Å². The zero-order valence-electron chi connectivity index (χ0n) is 15.2. The number of hydrogen-bond acceptors (Lipinski definition) is 4. The van der Waals surface area contributed by atoms with Crippen LogP contribution in [0.2, 0.25) is 0 Å². The highest BCUT2D eigenvalue weighted by atomic mass is 16.5. The second-order valence-corrected chi connectivity index (χ2v) is 6.67. The third kappa shape index (κ3) is 3.86. The SMILES string of the molecule is CCC(CC)c1cc(CNC(=O)NC2CCCc3c2cnn3C)on1.